The van der Waals surface area contributed by atoms with Crippen LogP contribution in [0.15, 0.2) is 47.4 Å². The normalized spacial score (nSPS) is 11.6. The van der Waals surface area contributed by atoms with Crippen LogP contribution in [0.4, 0.5) is 0 Å². The Bertz CT molecular complexity index is 1480. The molecule has 0 spiro atoms. The first-order valence-electron chi connectivity index (χ1n) is 32.6. The Hall–Kier alpha value is -2.40. The van der Waals surface area contributed by atoms with Gasteiger partial charge in [0, 0.05) is 10.5 Å². The molecule has 0 saturated carbocycles. The Morgan fingerprint density at radius 3 is 0.946 bits per heavy atom. The number of unbranched alkanes of at least 4 members (excludes halogenated alkanes) is 42. The molecule has 0 fully saturated rings. The maximum Gasteiger partial charge on any atom is 0.203 e. The van der Waals surface area contributed by atoms with Crippen LogP contribution in [0.25, 0.3) is 6.08 Å². The zero-order valence-corrected chi connectivity index (χ0v) is 50.3. The third-order valence-electron chi connectivity index (χ3n) is 15.1. The van der Waals surface area contributed by atoms with Crippen LogP contribution in [-0.2, 0) is 0 Å². The van der Waals surface area contributed by atoms with Crippen molar-refractivity contribution in [3.63, 3.8) is 0 Å². The lowest BCUT2D eigenvalue weighted by molar-refractivity contribution is 0.104. The second-order valence-corrected chi connectivity index (χ2v) is 23.5. The van der Waals surface area contributed by atoms with Gasteiger partial charge in [0.15, 0.2) is 17.3 Å². The van der Waals surface area contributed by atoms with Crippen molar-refractivity contribution in [2.45, 2.75) is 328 Å². The van der Waals surface area contributed by atoms with Gasteiger partial charge in [-0.15, -0.1) is 11.8 Å². The van der Waals surface area contributed by atoms with Crippen molar-refractivity contribution in [2.24, 2.45) is 0 Å². The molecule has 0 N–H and O–H groups in total. The number of carbonyl (C=O) groups excluding carboxylic acids is 1. The smallest absolute Gasteiger partial charge is 0.203 e. The fourth-order valence-corrected chi connectivity index (χ4v) is 11.0. The van der Waals surface area contributed by atoms with Crippen molar-refractivity contribution in [3.05, 3.63) is 53.6 Å². The van der Waals surface area contributed by atoms with Crippen LogP contribution in [0.3, 0.4) is 0 Å². The van der Waals surface area contributed by atoms with Crippen molar-refractivity contribution in [1.29, 1.82) is 0 Å². The van der Waals surface area contributed by atoms with Gasteiger partial charge in [0.2, 0.25) is 5.75 Å². The molecular formula is C69H120O4S. The Morgan fingerprint density at radius 2 is 0.649 bits per heavy atom. The quantitative estimate of drug-likeness (QED) is 0.0286. The van der Waals surface area contributed by atoms with E-state index >= 15 is 0 Å². The summed E-state index contributed by atoms with van der Waals surface area (Å²) < 4.78 is 20.0. The molecule has 0 radical (unpaired) electrons. The fourth-order valence-electron chi connectivity index (χ4n) is 10.2. The molecular weight excluding hydrogens is 925 g/mol. The molecule has 74 heavy (non-hydrogen) atoms. The summed E-state index contributed by atoms with van der Waals surface area (Å²) in [6, 6.07) is 12.2. The number of thioether (sulfide) groups is 1. The first kappa shape index (κ1) is 67.7. The summed E-state index contributed by atoms with van der Waals surface area (Å²) in [7, 11) is 0. The summed E-state index contributed by atoms with van der Waals surface area (Å²) in [5.41, 5.74) is 1.62. The highest BCUT2D eigenvalue weighted by Gasteiger charge is 2.16. The molecule has 4 nitrogen and oxygen atoms in total. The minimum atomic E-state index is 0.00563. The third kappa shape index (κ3) is 39.9. The van der Waals surface area contributed by atoms with E-state index in [2.05, 4.69) is 52.0 Å². The first-order valence-corrected chi connectivity index (χ1v) is 33.6. The molecule has 0 saturated heterocycles. The van der Waals surface area contributed by atoms with Gasteiger partial charge >= 0.3 is 0 Å². The van der Waals surface area contributed by atoms with E-state index in [-0.39, 0.29) is 5.78 Å². The van der Waals surface area contributed by atoms with E-state index in [0.29, 0.717) is 25.4 Å². The Morgan fingerprint density at radius 1 is 0.365 bits per heavy atom. The van der Waals surface area contributed by atoms with E-state index in [1.54, 1.807) is 6.08 Å². The van der Waals surface area contributed by atoms with Crippen LogP contribution < -0.4 is 14.2 Å². The summed E-state index contributed by atoms with van der Waals surface area (Å²) in [6.45, 7) is 11.1. The van der Waals surface area contributed by atoms with E-state index in [9.17, 15) is 4.79 Å². The molecule has 2 aromatic rings. The lowest BCUT2D eigenvalue weighted by Gasteiger charge is -2.18. The zero-order chi connectivity index (χ0) is 52.9. The molecule has 0 aliphatic rings. The number of rotatable bonds is 57. The van der Waals surface area contributed by atoms with Crippen LogP contribution in [0.5, 0.6) is 17.2 Å². The third-order valence-corrected chi connectivity index (χ3v) is 16.3. The summed E-state index contributed by atoms with van der Waals surface area (Å²) >= 11 is 1.84. The minimum Gasteiger partial charge on any atom is -0.490 e. The van der Waals surface area contributed by atoms with Crippen LogP contribution in [0.1, 0.15) is 339 Å². The highest BCUT2D eigenvalue weighted by atomic mass is 32.2. The maximum absolute atomic E-state index is 13.5. The van der Waals surface area contributed by atoms with Crippen molar-refractivity contribution < 1.29 is 19.0 Å². The molecule has 0 heterocycles. The predicted molar refractivity (Wildman–Crippen MR) is 329 cm³/mol. The van der Waals surface area contributed by atoms with E-state index in [4.69, 9.17) is 14.2 Å². The fraction of sp³-hybridized carbons (Fsp3) is 0.783. The maximum atomic E-state index is 13.5. The number of carbonyl (C=O) groups is 1. The molecule has 5 heteroatoms. The molecule has 426 valence electrons. The van der Waals surface area contributed by atoms with Crippen LogP contribution in [-0.4, -0.2) is 31.4 Å². The van der Waals surface area contributed by atoms with Gasteiger partial charge < -0.3 is 14.2 Å². The van der Waals surface area contributed by atoms with Crippen molar-refractivity contribution in [1.82, 2.24) is 0 Å². The molecule has 0 bridgehead atoms. The number of hydrogen-bond acceptors (Lipinski definition) is 5. The van der Waals surface area contributed by atoms with Gasteiger partial charge in [-0.25, -0.2) is 0 Å². The van der Waals surface area contributed by atoms with Gasteiger partial charge in [0.25, 0.3) is 0 Å². The largest absolute Gasteiger partial charge is 0.490 e. The van der Waals surface area contributed by atoms with E-state index in [1.807, 2.05) is 30.0 Å². The molecule has 0 amide bonds. The van der Waals surface area contributed by atoms with E-state index in [1.165, 1.54) is 275 Å². The van der Waals surface area contributed by atoms with Gasteiger partial charge in [0.1, 0.15) is 0 Å². The van der Waals surface area contributed by atoms with Crippen LogP contribution in [0, 0.1) is 0 Å². The summed E-state index contributed by atoms with van der Waals surface area (Å²) in [4.78, 5) is 14.7. The molecule has 0 aliphatic carbocycles. The highest BCUT2D eigenvalue weighted by molar-refractivity contribution is 7.99. The van der Waals surface area contributed by atoms with E-state index in [0.717, 1.165) is 54.2 Å². The average Bonchev–Trinajstić information content (AvgIpc) is 3.41. The van der Waals surface area contributed by atoms with Gasteiger partial charge in [-0.3, -0.25) is 4.79 Å². The van der Waals surface area contributed by atoms with Gasteiger partial charge in [0.05, 0.1) is 19.8 Å². The standard InChI is InChI=1S/C69H120O4S/c1-5-9-12-15-18-21-24-27-30-33-36-39-42-45-48-57-71-67-61-63(51-56-66(70)64-52-54-65(55-53-64)74-60-8-4)62-68(72-58-49-46-43-40-37-34-31-28-25-22-19-16-13-10-6-2)69(67)73-59-50-47-44-41-38-35-32-29-26-23-20-17-14-11-7-3/h51-56,61-62H,5-50,57-60H2,1-4H3. The minimum absolute atomic E-state index is 0.00563. The molecule has 0 atom stereocenters. The lowest BCUT2D eigenvalue weighted by Crippen LogP contribution is -2.07. The zero-order valence-electron chi connectivity index (χ0n) is 49.5. The van der Waals surface area contributed by atoms with Crippen LogP contribution in [0.2, 0.25) is 0 Å². The first-order chi connectivity index (χ1) is 36.6. The van der Waals surface area contributed by atoms with Crippen molar-refractivity contribution in [3.8, 4) is 17.2 Å². The highest BCUT2D eigenvalue weighted by Crippen LogP contribution is 2.40. The second-order valence-electron chi connectivity index (χ2n) is 22.3. The Balaban J connectivity index is 2.00. The molecule has 0 aliphatic heterocycles. The lowest BCUT2D eigenvalue weighted by atomic mass is 10.0. The Kier molecular flexibility index (Phi) is 48.2. The summed E-state index contributed by atoms with van der Waals surface area (Å²) in [5.74, 6) is 3.32. The monoisotopic (exact) mass is 1040 g/mol. The molecule has 0 unspecified atom stereocenters. The van der Waals surface area contributed by atoms with Crippen molar-refractivity contribution >= 4 is 23.6 Å². The number of allylic oxidation sites excluding steroid dienone is 1. The van der Waals surface area contributed by atoms with Gasteiger partial charge in [-0.05, 0) is 79.5 Å². The molecule has 0 aromatic heterocycles. The topological polar surface area (TPSA) is 44.8 Å². The second kappa shape index (κ2) is 52.6. The number of benzene rings is 2. The van der Waals surface area contributed by atoms with Crippen LogP contribution >= 0.6 is 11.8 Å². The average molecular weight is 1050 g/mol. The number of ketones is 1. The number of ether oxygens (including phenoxy) is 3. The molecule has 2 rings (SSSR count). The van der Waals surface area contributed by atoms with Gasteiger partial charge in [-0.1, -0.05) is 303 Å². The van der Waals surface area contributed by atoms with Crippen molar-refractivity contribution in [2.75, 3.05) is 25.6 Å². The SMILES string of the molecule is CCCCCCCCCCCCCCCCCOc1cc(C=CC(=O)c2ccc(SCCC)cc2)cc(OCCCCCCCCCCCCCCCCC)c1OCCCCCCCCCCCCCCCCC. The number of hydrogen-bond donors (Lipinski definition) is 0. The Labute approximate surface area is 464 Å². The van der Waals surface area contributed by atoms with E-state index < -0.39 is 0 Å². The predicted octanol–water partition coefficient (Wildman–Crippen LogP) is 23.8. The summed E-state index contributed by atoms with van der Waals surface area (Å²) in [5, 5.41) is 0. The summed E-state index contributed by atoms with van der Waals surface area (Å²) in [6.07, 6.45) is 65.3. The van der Waals surface area contributed by atoms with Gasteiger partial charge in [-0.2, -0.15) is 0 Å². The molecule has 2 aromatic carbocycles.